The van der Waals surface area contributed by atoms with Crippen LogP contribution < -0.4 is 14.8 Å². The molecule has 134 valence electrons. The molecule has 6 heteroatoms. The molecule has 0 fully saturated rings. The monoisotopic (exact) mass is 337 g/mol. The van der Waals surface area contributed by atoms with Crippen LogP contribution in [0, 0.1) is 5.41 Å². The molecule has 0 bridgehead atoms. The first-order valence-corrected chi connectivity index (χ1v) is 8.09. The van der Waals surface area contributed by atoms with Crippen LogP contribution >= 0.6 is 0 Å². The number of carbonyl (C=O) groups excluding carboxylic acids is 1. The average Bonchev–Trinajstić information content (AvgIpc) is 2.49. The second kappa shape index (κ2) is 9.15. The van der Waals surface area contributed by atoms with Gasteiger partial charge < -0.3 is 19.9 Å². The van der Waals surface area contributed by atoms with Crippen LogP contribution in [0.3, 0.4) is 0 Å². The zero-order valence-electron chi connectivity index (χ0n) is 14.8. The van der Waals surface area contributed by atoms with Gasteiger partial charge in [-0.25, -0.2) is 4.79 Å². The number of amides is 1. The number of hydrogen-bond donors (Lipinski definition) is 2. The summed E-state index contributed by atoms with van der Waals surface area (Å²) in [7, 11) is 0. The summed E-state index contributed by atoms with van der Waals surface area (Å²) in [5.74, 6) is -0.503. The van der Waals surface area contributed by atoms with E-state index >= 15 is 0 Å². The van der Waals surface area contributed by atoms with Crippen LogP contribution in [0.5, 0.6) is 11.5 Å². The molecule has 1 aromatic carbocycles. The maximum absolute atomic E-state index is 12.0. The Kier molecular flexibility index (Phi) is 7.55. The lowest BCUT2D eigenvalue weighted by Gasteiger charge is -2.21. The van der Waals surface area contributed by atoms with E-state index in [0.717, 1.165) is 0 Å². The van der Waals surface area contributed by atoms with Crippen molar-refractivity contribution >= 4 is 11.9 Å². The normalized spacial score (nSPS) is 12.3. The average molecular weight is 337 g/mol. The molecule has 24 heavy (non-hydrogen) atoms. The number of hydrogen-bond acceptors (Lipinski definition) is 4. The first kappa shape index (κ1) is 19.8. The maximum Gasteiger partial charge on any atom is 0.326 e. The van der Waals surface area contributed by atoms with Gasteiger partial charge >= 0.3 is 5.97 Å². The Bertz CT molecular complexity index is 551. The number of rotatable bonds is 9. The molecule has 1 unspecified atom stereocenters. The predicted octanol–water partition coefficient (Wildman–Crippen LogP) is 2.86. The minimum atomic E-state index is -1.04. The van der Waals surface area contributed by atoms with Crippen LogP contribution in [0.4, 0.5) is 0 Å². The van der Waals surface area contributed by atoms with Crippen LogP contribution in [0.1, 0.15) is 40.5 Å². The van der Waals surface area contributed by atoms with E-state index in [0.29, 0.717) is 30.9 Å². The molecule has 6 nitrogen and oxygen atoms in total. The van der Waals surface area contributed by atoms with Gasteiger partial charge in [0, 0.05) is 0 Å². The number of nitrogens with one attached hydrogen (secondary N) is 1. The lowest BCUT2D eigenvalue weighted by Crippen LogP contribution is -2.43. The summed E-state index contributed by atoms with van der Waals surface area (Å²) in [6, 6.07) is 6.12. The first-order valence-electron chi connectivity index (χ1n) is 8.09. The molecule has 0 spiro atoms. The minimum Gasteiger partial charge on any atom is -0.490 e. The quantitative estimate of drug-likeness (QED) is 0.724. The van der Waals surface area contributed by atoms with Gasteiger partial charge in [0.25, 0.3) is 5.91 Å². The van der Waals surface area contributed by atoms with Crippen LogP contribution in [0.15, 0.2) is 24.3 Å². The molecule has 0 aromatic heterocycles. The first-order chi connectivity index (χ1) is 11.2. The van der Waals surface area contributed by atoms with Gasteiger partial charge in [-0.05, 0) is 37.3 Å². The van der Waals surface area contributed by atoms with Crippen LogP contribution in [0.25, 0.3) is 0 Å². The zero-order valence-corrected chi connectivity index (χ0v) is 14.8. The van der Waals surface area contributed by atoms with Crippen molar-refractivity contribution in [3.05, 3.63) is 24.3 Å². The standard InChI is InChI=1S/C18H27NO5/c1-5-23-14-8-6-7-9-15(14)24-12-16(20)19-13(17(21)22)10-11-18(2,3)4/h6-9,13H,5,10-12H2,1-4H3,(H,19,20)(H,21,22). The largest absolute Gasteiger partial charge is 0.490 e. The van der Waals surface area contributed by atoms with Crippen LogP contribution in [0.2, 0.25) is 0 Å². The van der Waals surface area contributed by atoms with Crippen LogP contribution in [-0.4, -0.2) is 36.2 Å². The Morgan fingerprint density at radius 3 is 2.25 bits per heavy atom. The second-order valence-corrected chi connectivity index (χ2v) is 6.73. The fourth-order valence-corrected chi connectivity index (χ4v) is 2.06. The highest BCUT2D eigenvalue weighted by Gasteiger charge is 2.23. The third kappa shape index (κ3) is 7.35. The van der Waals surface area contributed by atoms with Crippen molar-refractivity contribution < 1.29 is 24.2 Å². The Morgan fingerprint density at radius 1 is 1.17 bits per heavy atom. The number of para-hydroxylation sites is 2. The van der Waals surface area contributed by atoms with Gasteiger partial charge in [-0.3, -0.25) is 4.79 Å². The fourth-order valence-electron chi connectivity index (χ4n) is 2.06. The molecule has 0 aliphatic carbocycles. The highest BCUT2D eigenvalue weighted by atomic mass is 16.5. The number of carboxylic acid groups (broad SMARTS) is 1. The van der Waals surface area contributed by atoms with E-state index in [-0.39, 0.29) is 12.0 Å². The third-order valence-corrected chi connectivity index (χ3v) is 3.32. The molecule has 0 heterocycles. The molecule has 0 saturated heterocycles. The SMILES string of the molecule is CCOc1ccccc1OCC(=O)NC(CCC(C)(C)C)C(=O)O. The van der Waals surface area contributed by atoms with E-state index in [2.05, 4.69) is 5.32 Å². The minimum absolute atomic E-state index is 0.00532. The van der Waals surface area contributed by atoms with Gasteiger partial charge in [-0.2, -0.15) is 0 Å². The summed E-state index contributed by atoms with van der Waals surface area (Å²) >= 11 is 0. The van der Waals surface area contributed by atoms with E-state index in [4.69, 9.17) is 9.47 Å². The fraction of sp³-hybridized carbons (Fsp3) is 0.556. The Morgan fingerprint density at radius 2 is 1.75 bits per heavy atom. The molecular formula is C18H27NO5. The molecule has 1 aromatic rings. The van der Waals surface area contributed by atoms with Crippen molar-refractivity contribution in [2.75, 3.05) is 13.2 Å². The van der Waals surface area contributed by atoms with Gasteiger partial charge in [0.15, 0.2) is 18.1 Å². The highest BCUT2D eigenvalue weighted by Crippen LogP contribution is 2.26. The number of carbonyl (C=O) groups is 2. The van der Waals surface area contributed by atoms with Crippen molar-refractivity contribution in [2.45, 2.75) is 46.6 Å². The van der Waals surface area contributed by atoms with Crippen molar-refractivity contribution in [3.8, 4) is 11.5 Å². The number of carboxylic acids is 1. The third-order valence-electron chi connectivity index (χ3n) is 3.32. The van der Waals surface area contributed by atoms with Gasteiger partial charge in [0.1, 0.15) is 6.04 Å². The molecule has 1 amide bonds. The molecule has 0 saturated carbocycles. The zero-order chi connectivity index (χ0) is 18.2. The smallest absolute Gasteiger partial charge is 0.326 e. The Hall–Kier alpha value is -2.24. The van der Waals surface area contributed by atoms with E-state index in [1.807, 2.05) is 33.8 Å². The second-order valence-electron chi connectivity index (χ2n) is 6.73. The molecule has 1 rings (SSSR count). The molecule has 0 aliphatic heterocycles. The number of ether oxygens (including phenoxy) is 2. The predicted molar refractivity (Wildman–Crippen MR) is 91.4 cm³/mol. The van der Waals surface area contributed by atoms with E-state index < -0.39 is 17.9 Å². The topological polar surface area (TPSA) is 84.9 Å². The van der Waals surface area contributed by atoms with Crippen molar-refractivity contribution in [1.82, 2.24) is 5.32 Å². The summed E-state index contributed by atoms with van der Waals surface area (Å²) in [5, 5.41) is 11.7. The molecule has 2 N–H and O–H groups in total. The van der Waals surface area contributed by atoms with Crippen molar-refractivity contribution in [3.63, 3.8) is 0 Å². The summed E-state index contributed by atoms with van der Waals surface area (Å²) in [5.41, 5.74) is 0.00532. The molecular weight excluding hydrogens is 310 g/mol. The molecule has 1 atom stereocenters. The molecule has 0 aliphatic rings. The van der Waals surface area contributed by atoms with Crippen molar-refractivity contribution in [2.24, 2.45) is 5.41 Å². The summed E-state index contributed by atoms with van der Waals surface area (Å²) in [6.45, 7) is 8.17. The van der Waals surface area contributed by atoms with Crippen molar-refractivity contribution in [1.29, 1.82) is 0 Å². The van der Waals surface area contributed by atoms with E-state index in [1.165, 1.54) is 0 Å². The van der Waals surface area contributed by atoms with Gasteiger partial charge in [-0.1, -0.05) is 32.9 Å². The van der Waals surface area contributed by atoms with E-state index in [9.17, 15) is 14.7 Å². The van der Waals surface area contributed by atoms with Gasteiger partial charge in [-0.15, -0.1) is 0 Å². The summed E-state index contributed by atoms with van der Waals surface area (Å²) in [4.78, 5) is 23.3. The lowest BCUT2D eigenvalue weighted by molar-refractivity contribution is -0.142. The number of benzene rings is 1. The molecule has 0 radical (unpaired) electrons. The highest BCUT2D eigenvalue weighted by molar-refractivity contribution is 5.84. The van der Waals surface area contributed by atoms with Gasteiger partial charge in [0.05, 0.1) is 6.61 Å². The Labute approximate surface area is 143 Å². The number of aliphatic carboxylic acids is 1. The van der Waals surface area contributed by atoms with E-state index in [1.54, 1.807) is 18.2 Å². The van der Waals surface area contributed by atoms with Crippen LogP contribution in [-0.2, 0) is 9.59 Å². The lowest BCUT2D eigenvalue weighted by atomic mass is 9.88. The Balaban J connectivity index is 2.56. The summed E-state index contributed by atoms with van der Waals surface area (Å²) in [6.07, 6.45) is 1.07. The van der Waals surface area contributed by atoms with Gasteiger partial charge in [0.2, 0.25) is 0 Å². The maximum atomic E-state index is 12.0. The summed E-state index contributed by atoms with van der Waals surface area (Å²) < 4.78 is 10.9.